The van der Waals surface area contributed by atoms with Gasteiger partial charge in [-0.1, -0.05) is 47.6 Å². The number of aliphatic carboxylic acids is 1. The van der Waals surface area contributed by atoms with Gasteiger partial charge >= 0.3 is 24.2 Å². The summed E-state index contributed by atoms with van der Waals surface area (Å²) >= 11 is 0. The fourth-order valence-electron chi connectivity index (χ4n) is 3.47. The monoisotopic (exact) mass is 581 g/mol. The molecule has 0 aromatic heterocycles. The molecule has 0 fully saturated rings. The number of ether oxygens (including phenoxy) is 5. The maximum Gasteiger partial charge on any atom is 0.514 e. The number of esters is 1. The van der Waals surface area contributed by atoms with Crippen LogP contribution in [0.4, 0.5) is 9.59 Å². The van der Waals surface area contributed by atoms with Crippen molar-refractivity contribution in [3.63, 3.8) is 0 Å². The lowest BCUT2D eigenvalue weighted by Crippen LogP contribution is -2.52. The fraction of sp³-hybridized carbons (Fsp3) is 0.667. The van der Waals surface area contributed by atoms with E-state index in [1.807, 2.05) is 41.5 Å². The van der Waals surface area contributed by atoms with Gasteiger partial charge < -0.3 is 34.5 Å². The highest BCUT2D eigenvalue weighted by Gasteiger charge is 2.37. The Morgan fingerprint density at radius 2 is 1.32 bits per heavy atom. The van der Waals surface area contributed by atoms with Crippen LogP contribution in [0.2, 0.25) is 0 Å². The van der Waals surface area contributed by atoms with E-state index in [2.05, 4.69) is 0 Å². The van der Waals surface area contributed by atoms with E-state index in [0.29, 0.717) is 17.9 Å². The summed E-state index contributed by atoms with van der Waals surface area (Å²) in [7, 11) is 0. The molecular weight excluding hydrogens is 534 g/mol. The van der Waals surface area contributed by atoms with Gasteiger partial charge in [-0.3, -0.25) is 9.59 Å². The highest BCUT2D eigenvalue weighted by molar-refractivity contribution is 5.79. The SMILES string of the molecule is CC(C)CCC(=O)O[C@@H](C)CC(N)(Cc1ccc(OC(=O)OC(C)C(C)C)c(OC(=O)OC(C)C(C)C)c1)C(=O)O. The number of benzene rings is 1. The van der Waals surface area contributed by atoms with Gasteiger partial charge in [0.15, 0.2) is 11.5 Å². The highest BCUT2D eigenvalue weighted by Crippen LogP contribution is 2.32. The summed E-state index contributed by atoms with van der Waals surface area (Å²) in [4.78, 5) is 49.2. The number of carboxylic acid groups (broad SMARTS) is 1. The minimum atomic E-state index is -1.82. The van der Waals surface area contributed by atoms with Gasteiger partial charge in [0.05, 0.1) is 0 Å². The van der Waals surface area contributed by atoms with Crippen molar-refractivity contribution in [2.45, 2.75) is 112 Å². The molecule has 3 unspecified atom stereocenters. The summed E-state index contributed by atoms with van der Waals surface area (Å²) in [6.07, 6.45) is -3.19. The van der Waals surface area contributed by atoms with E-state index < -0.39 is 48.1 Å². The van der Waals surface area contributed by atoms with E-state index in [1.165, 1.54) is 18.2 Å². The predicted octanol–water partition coefficient (Wildman–Crippen LogP) is 5.89. The summed E-state index contributed by atoms with van der Waals surface area (Å²) in [5.74, 6) is -1.66. The van der Waals surface area contributed by atoms with Crippen molar-refractivity contribution in [3.8, 4) is 11.5 Å². The Morgan fingerprint density at radius 1 is 0.805 bits per heavy atom. The van der Waals surface area contributed by atoms with Crippen molar-refractivity contribution in [3.05, 3.63) is 23.8 Å². The molecule has 41 heavy (non-hydrogen) atoms. The van der Waals surface area contributed by atoms with Crippen molar-refractivity contribution in [1.29, 1.82) is 0 Å². The molecule has 0 heterocycles. The number of rotatable bonds is 15. The molecular formula is C30H47NO10. The lowest BCUT2D eigenvalue weighted by atomic mass is 9.86. The first-order chi connectivity index (χ1) is 18.9. The molecule has 11 heteroatoms. The van der Waals surface area contributed by atoms with Crippen molar-refractivity contribution >= 4 is 24.2 Å². The van der Waals surface area contributed by atoms with E-state index in [1.54, 1.807) is 20.8 Å². The molecule has 0 aliphatic rings. The highest BCUT2D eigenvalue weighted by atomic mass is 16.7. The molecule has 0 radical (unpaired) electrons. The average molecular weight is 582 g/mol. The molecule has 1 aromatic carbocycles. The van der Waals surface area contributed by atoms with Crippen LogP contribution in [0.25, 0.3) is 0 Å². The first-order valence-electron chi connectivity index (χ1n) is 14.0. The third-order valence-electron chi connectivity index (χ3n) is 6.69. The van der Waals surface area contributed by atoms with Crippen LogP contribution >= 0.6 is 0 Å². The van der Waals surface area contributed by atoms with Gasteiger partial charge in [-0.15, -0.1) is 0 Å². The normalized spacial score (nSPS) is 15.0. The predicted molar refractivity (Wildman–Crippen MR) is 152 cm³/mol. The fourth-order valence-corrected chi connectivity index (χ4v) is 3.47. The zero-order valence-electron chi connectivity index (χ0n) is 25.7. The molecule has 4 atom stereocenters. The zero-order chi connectivity index (χ0) is 31.5. The average Bonchev–Trinajstić information content (AvgIpc) is 2.83. The standard InChI is InChI=1S/C30H47NO10/c1-17(2)10-13-26(32)37-20(7)15-30(31,27(33)34)16-23-11-12-24(40-28(35)38-21(8)18(3)4)25(14-23)41-29(36)39-22(9)19(5)6/h11-12,14,17-22H,10,13,15-16,31H2,1-9H3,(H,33,34)/t20-,21?,22?,30?/m0/s1. The molecule has 0 amide bonds. The second-order valence-electron chi connectivity index (χ2n) is 11.7. The van der Waals surface area contributed by atoms with Crippen LogP contribution in [0.3, 0.4) is 0 Å². The molecule has 0 bridgehead atoms. The smallest absolute Gasteiger partial charge is 0.480 e. The lowest BCUT2D eigenvalue weighted by Gasteiger charge is -2.28. The third kappa shape index (κ3) is 12.8. The zero-order valence-corrected chi connectivity index (χ0v) is 25.7. The minimum Gasteiger partial charge on any atom is -0.480 e. The van der Waals surface area contributed by atoms with Gasteiger partial charge in [-0.05, 0) is 62.6 Å². The third-order valence-corrected chi connectivity index (χ3v) is 6.69. The van der Waals surface area contributed by atoms with Crippen LogP contribution in [0.15, 0.2) is 18.2 Å². The number of hydrogen-bond donors (Lipinski definition) is 2. The molecule has 1 aromatic rings. The van der Waals surface area contributed by atoms with Crippen molar-refractivity contribution in [2.24, 2.45) is 23.5 Å². The number of nitrogens with two attached hydrogens (primary N) is 1. The van der Waals surface area contributed by atoms with Gasteiger partial charge in [-0.25, -0.2) is 9.59 Å². The first kappa shape index (κ1) is 35.7. The van der Waals surface area contributed by atoms with Crippen LogP contribution in [0.5, 0.6) is 11.5 Å². The Bertz CT molecular complexity index is 1040. The van der Waals surface area contributed by atoms with Crippen LogP contribution in [0, 0.1) is 17.8 Å². The number of carbonyl (C=O) groups excluding carboxylic acids is 3. The molecule has 1 rings (SSSR count). The molecule has 11 nitrogen and oxygen atoms in total. The minimum absolute atomic E-state index is 0.0204. The Morgan fingerprint density at radius 3 is 1.78 bits per heavy atom. The lowest BCUT2D eigenvalue weighted by molar-refractivity contribution is -0.153. The first-order valence-corrected chi connectivity index (χ1v) is 14.0. The summed E-state index contributed by atoms with van der Waals surface area (Å²) in [5, 5.41) is 9.96. The summed E-state index contributed by atoms with van der Waals surface area (Å²) < 4.78 is 26.6. The van der Waals surface area contributed by atoms with Crippen LogP contribution in [-0.2, 0) is 30.2 Å². The number of hydrogen-bond acceptors (Lipinski definition) is 10. The Labute approximate surface area is 243 Å². The second kappa shape index (κ2) is 16.2. The van der Waals surface area contributed by atoms with Crippen LogP contribution < -0.4 is 15.2 Å². The molecule has 0 aliphatic heterocycles. The van der Waals surface area contributed by atoms with Crippen molar-refractivity contribution < 1.29 is 48.0 Å². The van der Waals surface area contributed by atoms with Gasteiger partial charge in [0.25, 0.3) is 0 Å². The summed E-state index contributed by atoms with van der Waals surface area (Å²) in [6, 6.07) is 4.19. The molecule has 232 valence electrons. The van der Waals surface area contributed by atoms with E-state index >= 15 is 0 Å². The molecule has 0 saturated carbocycles. The van der Waals surface area contributed by atoms with E-state index in [-0.39, 0.29) is 42.6 Å². The van der Waals surface area contributed by atoms with Crippen molar-refractivity contribution in [2.75, 3.05) is 0 Å². The van der Waals surface area contributed by atoms with E-state index in [4.69, 9.17) is 29.4 Å². The molecule has 0 saturated heterocycles. The van der Waals surface area contributed by atoms with Crippen LogP contribution in [-0.4, -0.2) is 53.2 Å². The molecule has 0 spiro atoms. The van der Waals surface area contributed by atoms with Crippen LogP contribution in [0.1, 0.15) is 87.1 Å². The largest absolute Gasteiger partial charge is 0.514 e. The summed E-state index contributed by atoms with van der Waals surface area (Å²) in [5.41, 5.74) is 4.84. The molecule has 3 N–H and O–H groups in total. The van der Waals surface area contributed by atoms with E-state index in [0.717, 1.165) is 0 Å². The Balaban J connectivity index is 3.20. The molecule has 0 aliphatic carbocycles. The van der Waals surface area contributed by atoms with Gasteiger partial charge in [0.2, 0.25) is 0 Å². The van der Waals surface area contributed by atoms with Gasteiger partial charge in [0, 0.05) is 19.3 Å². The Kier molecular flexibility index (Phi) is 14.1. The quantitative estimate of drug-likeness (QED) is 0.144. The van der Waals surface area contributed by atoms with Gasteiger partial charge in [-0.2, -0.15) is 0 Å². The van der Waals surface area contributed by atoms with E-state index in [9.17, 15) is 24.3 Å². The van der Waals surface area contributed by atoms with Gasteiger partial charge in [0.1, 0.15) is 23.9 Å². The van der Waals surface area contributed by atoms with Crippen molar-refractivity contribution in [1.82, 2.24) is 0 Å². The maximum atomic E-state index is 12.5. The second-order valence-corrected chi connectivity index (χ2v) is 11.7. The number of carboxylic acids is 1. The number of carbonyl (C=O) groups is 4. The topological polar surface area (TPSA) is 161 Å². The Hall–Kier alpha value is -3.34. The summed E-state index contributed by atoms with van der Waals surface area (Å²) in [6.45, 7) is 16.5. The maximum absolute atomic E-state index is 12.5.